The number of phenols is 1. The molecular formula is C26H27N3O. The highest BCUT2D eigenvalue weighted by atomic mass is 16.3. The predicted molar refractivity (Wildman–Crippen MR) is 123 cm³/mol. The molecule has 0 atom stereocenters. The van der Waals surface area contributed by atoms with Crippen molar-refractivity contribution < 1.29 is 5.11 Å². The third-order valence-corrected chi connectivity index (χ3v) is 6.22. The molecule has 0 amide bonds. The highest BCUT2D eigenvalue weighted by molar-refractivity contribution is 5.85. The maximum absolute atomic E-state index is 10.6. The Bertz CT molecular complexity index is 1170. The van der Waals surface area contributed by atoms with E-state index in [0.717, 1.165) is 56.6 Å². The molecule has 0 spiro atoms. The van der Waals surface area contributed by atoms with Gasteiger partial charge in [0.1, 0.15) is 11.3 Å². The van der Waals surface area contributed by atoms with E-state index in [1.54, 1.807) is 6.20 Å². The third kappa shape index (κ3) is 4.02. The van der Waals surface area contributed by atoms with Gasteiger partial charge in [-0.1, -0.05) is 60.7 Å². The van der Waals surface area contributed by atoms with Crippen LogP contribution >= 0.6 is 0 Å². The molecule has 4 nitrogen and oxygen atoms in total. The summed E-state index contributed by atoms with van der Waals surface area (Å²) in [6, 6.07) is 23.3. The van der Waals surface area contributed by atoms with Crippen LogP contribution in [-0.4, -0.2) is 52.6 Å². The average Bonchev–Trinajstić information content (AvgIpc) is 2.80. The van der Waals surface area contributed by atoms with E-state index in [1.807, 2.05) is 18.2 Å². The zero-order chi connectivity index (χ0) is 20.3. The van der Waals surface area contributed by atoms with Crippen molar-refractivity contribution in [3.8, 4) is 5.75 Å². The van der Waals surface area contributed by atoms with Crippen molar-refractivity contribution in [3.63, 3.8) is 0 Å². The van der Waals surface area contributed by atoms with E-state index in [-0.39, 0.29) is 0 Å². The monoisotopic (exact) mass is 397 g/mol. The second kappa shape index (κ2) is 8.42. The fourth-order valence-corrected chi connectivity index (χ4v) is 4.39. The van der Waals surface area contributed by atoms with Crippen LogP contribution in [0.25, 0.3) is 21.7 Å². The lowest BCUT2D eigenvalue weighted by atomic mass is 10.0. The maximum Gasteiger partial charge on any atom is 0.146 e. The van der Waals surface area contributed by atoms with Gasteiger partial charge in [0, 0.05) is 56.4 Å². The van der Waals surface area contributed by atoms with Crippen molar-refractivity contribution in [1.82, 2.24) is 14.8 Å². The number of fused-ring (bicyclic) bond motifs is 2. The first-order valence-corrected chi connectivity index (χ1v) is 10.7. The van der Waals surface area contributed by atoms with Crippen LogP contribution in [-0.2, 0) is 13.0 Å². The maximum atomic E-state index is 10.6. The average molecular weight is 398 g/mol. The van der Waals surface area contributed by atoms with Crippen LogP contribution in [0.2, 0.25) is 0 Å². The van der Waals surface area contributed by atoms with Gasteiger partial charge in [-0.05, 0) is 28.8 Å². The summed E-state index contributed by atoms with van der Waals surface area (Å²) in [6.07, 6.45) is 2.82. The normalized spacial score (nSPS) is 15.7. The Kier molecular flexibility index (Phi) is 5.35. The van der Waals surface area contributed by atoms with Crippen molar-refractivity contribution >= 4 is 21.7 Å². The molecule has 0 saturated carbocycles. The molecule has 30 heavy (non-hydrogen) atoms. The Morgan fingerprint density at radius 2 is 1.50 bits per heavy atom. The number of pyridine rings is 1. The van der Waals surface area contributed by atoms with Gasteiger partial charge < -0.3 is 10.0 Å². The van der Waals surface area contributed by atoms with Crippen LogP contribution < -0.4 is 0 Å². The fraction of sp³-hybridized carbons (Fsp3) is 0.269. The van der Waals surface area contributed by atoms with Crippen LogP contribution in [0.4, 0.5) is 0 Å². The van der Waals surface area contributed by atoms with Crippen LogP contribution in [0.1, 0.15) is 11.1 Å². The van der Waals surface area contributed by atoms with E-state index in [9.17, 15) is 5.11 Å². The Morgan fingerprint density at radius 3 is 2.37 bits per heavy atom. The molecule has 1 N–H and O–H groups in total. The Labute approximate surface area is 177 Å². The Hall–Kier alpha value is -2.95. The van der Waals surface area contributed by atoms with Gasteiger partial charge in [0.2, 0.25) is 0 Å². The van der Waals surface area contributed by atoms with E-state index in [0.29, 0.717) is 11.3 Å². The molecule has 5 rings (SSSR count). The number of benzene rings is 3. The van der Waals surface area contributed by atoms with Gasteiger partial charge in [0.15, 0.2) is 0 Å². The van der Waals surface area contributed by atoms with Crippen LogP contribution in [0.15, 0.2) is 72.9 Å². The smallest absolute Gasteiger partial charge is 0.146 e. The summed E-state index contributed by atoms with van der Waals surface area (Å²) < 4.78 is 0. The number of phenolic OH excluding ortho intramolecular Hbond substituents is 1. The number of piperazine rings is 1. The lowest BCUT2D eigenvalue weighted by Crippen LogP contribution is -2.46. The van der Waals surface area contributed by atoms with Gasteiger partial charge in [-0.3, -0.25) is 9.88 Å². The molecule has 0 radical (unpaired) electrons. The first-order valence-electron chi connectivity index (χ1n) is 10.7. The van der Waals surface area contributed by atoms with Crippen LogP contribution in [0.3, 0.4) is 0 Å². The topological polar surface area (TPSA) is 39.6 Å². The summed E-state index contributed by atoms with van der Waals surface area (Å²) >= 11 is 0. The molecule has 4 aromatic rings. The molecule has 1 fully saturated rings. The molecular weight excluding hydrogens is 370 g/mol. The van der Waals surface area contributed by atoms with Gasteiger partial charge in [0.25, 0.3) is 0 Å². The molecule has 3 aromatic carbocycles. The van der Waals surface area contributed by atoms with E-state index in [4.69, 9.17) is 0 Å². The number of hydrogen-bond acceptors (Lipinski definition) is 4. The molecule has 0 aliphatic carbocycles. The second-order valence-electron chi connectivity index (χ2n) is 8.20. The van der Waals surface area contributed by atoms with Crippen LogP contribution in [0, 0.1) is 0 Å². The lowest BCUT2D eigenvalue weighted by Gasteiger charge is -2.34. The standard InChI is InChI=1S/C26H27N3O/c30-26-24(10-9-22-6-3-12-27-25(22)26)19-29-16-14-28(15-17-29)13-11-20-7-8-21-4-1-2-5-23(21)18-20/h1-10,12,18,30H,11,13-17,19H2. The lowest BCUT2D eigenvalue weighted by molar-refractivity contribution is 0.127. The molecule has 4 heteroatoms. The molecule has 0 unspecified atom stereocenters. The highest BCUT2D eigenvalue weighted by Crippen LogP contribution is 2.28. The number of nitrogens with zero attached hydrogens (tertiary/aromatic N) is 3. The third-order valence-electron chi connectivity index (χ3n) is 6.22. The van der Waals surface area contributed by atoms with Crippen molar-refractivity contribution in [3.05, 3.63) is 84.1 Å². The minimum atomic E-state index is 0.326. The zero-order valence-corrected chi connectivity index (χ0v) is 17.2. The zero-order valence-electron chi connectivity index (χ0n) is 17.2. The van der Waals surface area contributed by atoms with Gasteiger partial charge in [-0.2, -0.15) is 0 Å². The van der Waals surface area contributed by atoms with Crippen molar-refractivity contribution in [2.24, 2.45) is 0 Å². The number of rotatable bonds is 5. The first-order chi connectivity index (χ1) is 14.8. The minimum absolute atomic E-state index is 0.326. The molecule has 1 aliphatic heterocycles. The van der Waals surface area contributed by atoms with Crippen LogP contribution in [0.5, 0.6) is 5.75 Å². The second-order valence-corrected chi connectivity index (χ2v) is 8.20. The summed E-state index contributed by atoms with van der Waals surface area (Å²) in [5.74, 6) is 0.326. The molecule has 0 bridgehead atoms. The van der Waals surface area contributed by atoms with Crippen molar-refractivity contribution in [1.29, 1.82) is 0 Å². The predicted octanol–water partition coefficient (Wildman–Crippen LogP) is 4.45. The Morgan fingerprint density at radius 1 is 0.767 bits per heavy atom. The number of hydrogen-bond donors (Lipinski definition) is 1. The summed E-state index contributed by atoms with van der Waals surface area (Å²) in [5, 5.41) is 14.2. The van der Waals surface area contributed by atoms with E-state index < -0.39 is 0 Å². The molecule has 2 heterocycles. The van der Waals surface area contributed by atoms with Crippen molar-refractivity contribution in [2.75, 3.05) is 32.7 Å². The number of aromatic hydroxyl groups is 1. The minimum Gasteiger partial charge on any atom is -0.505 e. The van der Waals surface area contributed by atoms with Gasteiger partial charge in [-0.15, -0.1) is 0 Å². The van der Waals surface area contributed by atoms with E-state index >= 15 is 0 Å². The fourth-order valence-electron chi connectivity index (χ4n) is 4.39. The molecule has 1 aliphatic rings. The largest absolute Gasteiger partial charge is 0.505 e. The summed E-state index contributed by atoms with van der Waals surface area (Å²) in [7, 11) is 0. The summed E-state index contributed by atoms with van der Waals surface area (Å²) in [4.78, 5) is 9.32. The summed E-state index contributed by atoms with van der Waals surface area (Å²) in [6.45, 7) is 6.06. The SMILES string of the molecule is Oc1c(CN2CCN(CCc3ccc4ccccc4c3)CC2)ccc2cccnc12. The first kappa shape index (κ1) is 19.0. The quantitative estimate of drug-likeness (QED) is 0.540. The Balaban J connectivity index is 1.16. The molecule has 152 valence electrons. The van der Waals surface area contributed by atoms with E-state index in [1.165, 1.54) is 16.3 Å². The van der Waals surface area contributed by atoms with Crippen molar-refractivity contribution in [2.45, 2.75) is 13.0 Å². The number of aromatic nitrogens is 1. The van der Waals surface area contributed by atoms with E-state index in [2.05, 4.69) is 63.3 Å². The van der Waals surface area contributed by atoms with Gasteiger partial charge >= 0.3 is 0 Å². The summed E-state index contributed by atoms with van der Waals surface area (Å²) in [5.41, 5.74) is 3.07. The van der Waals surface area contributed by atoms with Gasteiger partial charge in [-0.25, -0.2) is 0 Å². The molecule has 1 aromatic heterocycles. The van der Waals surface area contributed by atoms with Gasteiger partial charge in [0.05, 0.1) is 0 Å². The molecule has 1 saturated heterocycles. The highest BCUT2D eigenvalue weighted by Gasteiger charge is 2.18.